The molecule has 2 aliphatic carbocycles. The van der Waals surface area contributed by atoms with Gasteiger partial charge in [-0.25, -0.2) is 17.6 Å². The van der Waals surface area contributed by atoms with E-state index in [9.17, 15) is 27.2 Å². The van der Waals surface area contributed by atoms with E-state index in [0.717, 1.165) is 11.0 Å². The lowest BCUT2D eigenvalue weighted by molar-refractivity contribution is -0.135. The van der Waals surface area contributed by atoms with Crippen LogP contribution in [0.5, 0.6) is 0 Å². The minimum atomic E-state index is -2.84. The number of alkyl halides is 2. The molecule has 0 spiro atoms. The van der Waals surface area contributed by atoms with Gasteiger partial charge in [0.05, 0.1) is 0 Å². The van der Waals surface area contributed by atoms with Crippen molar-refractivity contribution in [2.24, 2.45) is 0 Å². The number of hydrogen-bond donors (Lipinski definition) is 1. The molecule has 0 heterocycles. The second-order valence-corrected chi connectivity index (χ2v) is 7.55. The van der Waals surface area contributed by atoms with Gasteiger partial charge < -0.3 is 5.32 Å². The Morgan fingerprint density at radius 2 is 1.83 bits per heavy atom. The molecule has 8 heteroatoms. The van der Waals surface area contributed by atoms with Crippen molar-refractivity contribution in [1.82, 2.24) is 5.32 Å². The summed E-state index contributed by atoms with van der Waals surface area (Å²) < 4.78 is 54.3. The van der Waals surface area contributed by atoms with Crippen molar-refractivity contribution >= 4 is 18.0 Å². The smallest absolute Gasteiger partial charge is 0.252 e. The number of aryl methyl sites for hydroxylation is 1. The van der Waals surface area contributed by atoms with Gasteiger partial charge in [-0.05, 0) is 54.3 Å². The molecule has 0 radical (unpaired) electrons. The Morgan fingerprint density at radius 1 is 1.10 bits per heavy atom. The fourth-order valence-corrected chi connectivity index (χ4v) is 4.26. The number of rotatable bonds is 5. The second kappa shape index (κ2) is 6.86. The van der Waals surface area contributed by atoms with Crippen LogP contribution in [0.15, 0.2) is 42.5 Å². The zero-order valence-electron chi connectivity index (χ0n) is 15.3. The molecule has 4 rings (SSSR count). The van der Waals surface area contributed by atoms with Crippen molar-refractivity contribution in [1.29, 1.82) is 0 Å². The largest absolute Gasteiger partial charge is 0.351 e. The van der Waals surface area contributed by atoms with E-state index in [1.165, 1.54) is 36.4 Å². The van der Waals surface area contributed by atoms with Crippen molar-refractivity contribution in [2.75, 3.05) is 4.90 Å². The topological polar surface area (TPSA) is 49.4 Å². The van der Waals surface area contributed by atoms with Crippen molar-refractivity contribution in [2.45, 2.75) is 43.2 Å². The molecule has 0 saturated heterocycles. The first-order valence-corrected chi connectivity index (χ1v) is 9.23. The van der Waals surface area contributed by atoms with E-state index in [4.69, 9.17) is 0 Å². The summed E-state index contributed by atoms with van der Waals surface area (Å²) in [7, 11) is 0. The van der Waals surface area contributed by atoms with Gasteiger partial charge in [-0.15, -0.1) is 0 Å². The van der Waals surface area contributed by atoms with E-state index in [-0.39, 0.29) is 17.7 Å². The average Bonchev–Trinajstić information content (AvgIpc) is 3.00. The highest BCUT2D eigenvalue weighted by molar-refractivity contribution is 5.98. The van der Waals surface area contributed by atoms with Crippen molar-refractivity contribution in [3.05, 3.63) is 65.2 Å². The third-order valence-corrected chi connectivity index (χ3v) is 5.68. The molecule has 2 aromatic rings. The number of hydrogen-bond acceptors (Lipinski definition) is 2. The lowest BCUT2D eigenvalue weighted by Gasteiger charge is -2.42. The summed E-state index contributed by atoms with van der Waals surface area (Å²) in [5, 5.41) is 2.58. The van der Waals surface area contributed by atoms with E-state index in [2.05, 4.69) is 5.32 Å². The summed E-state index contributed by atoms with van der Waals surface area (Å²) in [6.45, 7) is 0. The van der Waals surface area contributed by atoms with Gasteiger partial charge in [-0.2, -0.15) is 0 Å². The molecule has 2 amide bonds. The van der Waals surface area contributed by atoms with Gasteiger partial charge in [0.15, 0.2) is 5.54 Å². The molecule has 1 saturated carbocycles. The molecule has 1 fully saturated rings. The van der Waals surface area contributed by atoms with Gasteiger partial charge in [-0.3, -0.25) is 14.5 Å². The van der Waals surface area contributed by atoms with E-state index in [1.54, 1.807) is 0 Å². The van der Waals surface area contributed by atoms with E-state index >= 15 is 0 Å². The van der Waals surface area contributed by atoms with Crippen LogP contribution in [-0.2, 0) is 21.5 Å². The zero-order chi connectivity index (χ0) is 20.8. The Hall–Kier alpha value is -2.90. The number of nitrogens with zero attached hydrogens (tertiary/aromatic N) is 1. The molecule has 0 aliphatic heterocycles. The maximum Gasteiger partial charge on any atom is 0.252 e. The number of amides is 2. The summed E-state index contributed by atoms with van der Waals surface area (Å²) in [5.41, 5.74) is -0.593. The molecule has 2 aromatic carbocycles. The SMILES string of the molecule is O=CN(c1cccc(F)c1)[C@]1(C(=O)NC2CC(F)(F)C2)CCc2ccc(F)cc21. The predicted octanol–water partition coefficient (Wildman–Crippen LogP) is 3.68. The number of nitrogens with one attached hydrogen (secondary N) is 1. The lowest BCUT2D eigenvalue weighted by Crippen LogP contribution is -2.60. The monoisotopic (exact) mass is 406 g/mol. The van der Waals surface area contributed by atoms with Crippen LogP contribution in [0.25, 0.3) is 0 Å². The molecule has 0 aromatic heterocycles. The normalized spacial score (nSPS) is 22.5. The maximum atomic E-state index is 14.0. The molecule has 2 aliphatic rings. The molecule has 0 unspecified atom stereocenters. The fraction of sp³-hybridized carbons (Fsp3) is 0.333. The van der Waals surface area contributed by atoms with Crippen LogP contribution in [0, 0.1) is 11.6 Å². The Balaban J connectivity index is 1.79. The minimum absolute atomic E-state index is 0.117. The molecule has 29 heavy (non-hydrogen) atoms. The zero-order valence-corrected chi connectivity index (χ0v) is 15.3. The standard InChI is InChI=1S/C21H18F4N2O2/c22-14-2-1-3-17(8-14)27(12-28)21(19(29)26-16-10-20(24,25)11-16)7-6-13-4-5-15(23)9-18(13)21/h1-5,8-9,12,16H,6-7,10-11H2,(H,26,29)/t21-/m1/s1. The van der Waals surface area contributed by atoms with Gasteiger partial charge in [0.25, 0.3) is 11.8 Å². The highest BCUT2D eigenvalue weighted by atomic mass is 19.3. The second-order valence-electron chi connectivity index (χ2n) is 7.55. The van der Waals surface area contributed by atoms with Crippen LogP contribution in [0.1, 0.15) is 30.4 Å². The third kappa shape index (κ3) is 3.26. The van der Waals surface area contributed by atoms with E-state index in [1.807, 2.05) is 0 Å². The summed E-state index contributed by atoms with van der Waals surface area (Å²) in [6, 6.07) is 8.36. The first-order chi connectivity index (χ1) is 13.7. The number of fused-ring (bicyclic) bond motifs is 1. The van der Waals surface area contributed by atoms with Gasteiger partial charge in [0, 0.05) is 24.6 Å². The third-order valence-electron chi connectivity index (χ3n) is 5.68. The average molecular weight is 406 g/mol. The molecule has 4 nitrogen and oxygen atoms in total. The lowest BCUT2D eigenvalue weighted by atomic mass is 9.84. The first kappa shape index (κ1) is 19.4. The van der Waals surface area contributed by atoms with Crippen LogP contribution < -0.4 is 10.2 Å². The maximum absolute atomic E-state index is 14.0. The fourth-order valence-electron chi connectivity index (χ4n) is 4.26. The van der Waals surface area contributed by atoms with Crippen LogP contribution >= 0.6 is 0 Å². The molecule has 152 valence electrons. The highest BCUT2D eigenvalue weighted by Crippen LogP contribution is 2.45. The van der Waals surface area contributed by atoms with Crippen molar-refractivity contribution < 1.29 is 27.2 Å². The van der Waals surface area contributed by atoms with E-state index < -0.39 is 47.9 Å². The molecule has 1 N–H and O–H groups in total. The molecular weight excluding hydrogens is 388 g/mol. The van der Waals surface area contributed by atoms with E-state index in [0.29, 0.717) is 18.4 Å². The highest BCUT2D eigenvalue weighted by Gasteiger charge is 2.53. The molecule has 0 bridgehead atoms. The van der Waals surface area contributed by atoms with Crippen LogP contribution in [0.2, 0.25) is 0 Å². The Morgan fingerprint density at radius 3 is 2.48 bits per heavy atom. The van der Waals surface area contributed by atoms with Crippen molar-refractivity contribution in [3.8, 4) is 0 Å². The summed E-state index contributed by atoms with van der Waals surface area (Å²) in [4.78, 5) is 26.5. The van der Waals surface area contributed by atoms with Crippen LogP contribution in [0.4, 0.5) is 23.2 Å². The van der Waals surface area contributed by atoms with Gasteiger partial charge >= 0.3 is 0 Å². The number of benzene rings is 2. The molecule has 1 atom stereocenters. The Labute approximate surface area is 164 Å². The number of anilines is 1. The summed E-state index contributed by atoms with van der Waals surface area (Å²) >= 11 is 0. The summed E-state index contributed by atoms with van der Waals surface area (Å²) in [5.74, 6) is -4.72. The van der Waals surface area contributed by atoms with Gasteiger partial charge in [0.2, 0.25) is 6.41 Å². The number of carbonyl (C=O) groups excluding carboxylic acids is 2. The Bertz CT molecular complexity index is 973. The minimum Gasteiger partial charge on any atom is -0.351 e. The first-order valence-electron chi connectivity index (χ1n) is 9.23. The number of halogens is 4. The van der Waals surface area contributed by atoms with Crippen molar-refractivity contribution in [3.63, 3.8) is 0 Å². The van der Waals surface area contributed by atoms with Gasteiger partial charge in [0.1, 0.15) is 11.6 Å². The Kier molecular flexibility index (Phi) is 4.59. The number of carbonyl (C=O) groups is 2. The summed E-state index contributed by atoms with van der Waals surface area (Å²) in [6.07, 6.45) is -0.0962. The van der Waals surface area contributed by atoms with Gasteiger partial charge in [-0.1, -0.05) is 12.1 Å². The molecular formula is C21H18F4N2O2. The van der Waals surface area contributed by atoms with Crippen LogP contribution in [-0.4, -0.2) is 24.3 Å². The van der Waals surface area contributed by atoms with Crippen LogP contribution in [0.3, 0.4) is 0 Å². The quantitative estimate of drug-likeness (QED) is 0.608. The predicted molar refractivity (Wildman–Crippen MR) is 97.5 cm³/mol.